The van der Waals surface area contributed by atoms with Crippen molar-refractivity contribution < 1.29 is 12.6 Å². The van der Waals surface area contributed by atoms with Gasteiger partial charge in [0.25, 0.3) is 0 Å². The van der Waals surface area contributed by atoms with Crippen molar-refractivity contribution in [3.8, 4) is 5.75 Å². The highest BCUT2D eigenvalue weighted by molar-refractivity contribution is 7.87. The molecular formula is C12H9O3SSi. The summed E-state index contributed by atoms with van der Waals surface area (Å²) in [6, 6.07) is 14.9. The molecule has 2 aromatic carbocycles. The van der Waals surface area contributed by atoms with E-state index in [0.29, 0.717) is 10.9 Å². The van der Waals surface area contributed by atoms with Crippen molar-refractivity contribution >= 4 is 25.5 Å². The average Bonchev–Trinajstić information content (AvgIpc) is 2.30. The van der Waals surface area contributed by atoms with E-state index in [9.17, 15) is 8.42 Å². The average molecular weight is 261 g/mol. The van der Waals surface area contributed by atoms with Crippen LogP contribution in [0.25, 0.3) is 0 Å². The zero-order valence-corrected chi connectivity index (χ0v) is 10.6. The molecule has 0 aliphatic rings. The Hall–Kier alpha value is -1.59. The lowest BCUT2D eigenvalue weighted by atomic mass is 10.3. The molecule has 0 aliphatic heterocycles. The summed E-state index contributed by atoms with van der Waals surface area (Å²) >= 11 is 0. The van der Waals surface area contributed by atoms with Crippen LogP contribution in [-0.4, -0.2) is 18.7 Å². The Morgan fingerprint density at radius 3 is 2.12 bits per heavy atom. The lowest BCUT2D eigenvalue weighted by molar-refractivity contribution is 0.487. The van der Waals surface area contributed by atoms with Gasteiger partial charge in [-0.1, -0.05) is 36.4 Å². The molecule has 85 valence electrons. The molecule has 0 aliphatic carbocycles. The Labute approximate surface area is 104 Å². The fourth-order valence-corrected chi connectivity index (χ4v) is 2.92. The van der Waals surface area contributed by atoms with Gasteiger partial charge in [0.2, 0.25) is 0 Å². The lowest BCUT2D eigenvalue weighted by Gasteiger charge is -2.08. The molecule has 3 radical (unpaired) electrons. The van der Waals surface area contributed by atoms with Crippen LogP contribution in [0.15, 0.2) is 59.5 Å². The van der Waals surface area contributed by atoms with Crippen molar-refractivity contribution in [1.29, 1.82) is 0 Å². The summed E-state index contributed by atoms with van der Waals surface area (Å²) in [5, 5.41) is 0.475. The Balaban J connectivity index is 2.36. The van der Waals surface area contributed by atoms with Gasteiger partial charge in [0, 0.05) is 0 Å². The Morgan fingerprint density at radius 1 is 0.882 bits per heavy atom. The summed E-state index contributed by atoms with van der Waals surface area (Å²) < 4.78 is 28.9. The van der Waals surface area contributed by atoms with Crippen molar-refractivity contribution in [2.24, 2.45) is 0 Å². The van der Waals surface area contributed by atoms with E-state index in [-0.39, 0.29) is 4.90 Å². The van der Waals surface area contributed by atoms with E-state index >= 15 is 0 Å². The molecule has 0 N–H and O–H groups in total. The van der Waals surface area contributed by atoms with Crippen molar-refractivity contribution in [2.75, 3.05) is 0 Å². The summed E-state index contributed by atoms with van der Waals surface area (Å²) in [5.74, 6) is 0.294. The number of hydrogen-bond donors (Lipinski definition) is 0. The topological polar surface area (TPSA) is 43.4 Å². The number of hydrogen-bond acceptors (Lipinski definition) is 3. The van der Waals surface area contributed by atoms with Crippen molar-refractivity contribution in [3.63, 3.8) is 0 Å². The number of rotatable bonds is 3. The second kappa shape index (κ2) is 4.73. The van der Waals surface area contributed by atoms with Gasteiger partial charge in [-0.25, -0.2) is 0 Å². The fraction of sp³-hybridized carbons (Fsp3) is 0. The van der Waals surface area contributed by atoms with Crippen LogP contribution in [-0.2, 0) is 10.1 Å². The predicted molar refractivity (Wildman–Crippen MR) is 66.1 cm³/mol. The molecule has 0 heterocycles. The second-order valence-corrected chi connectivity index (χ2v) is 5.40. The smallest absolute Gasteiger partial charge is 0.339 e. The minimum atomic E-state index is -3.79. The SMILES string of the molecule is O=S(=O)(Oc1ccccc1)c1ccccc1[Si]. The van der Waals surface area contributed by atoms with Gasteiger partial charge in [-0.2, -0.15) is 8.42 Å². The zero-order chi connectivity index (χ0) is 12.3. The summed E-state index contributed by atoms with van der Waals surface area (Å²) in [6.07, 6.45) is 0. The molecule has 0 amide bonds. The molecule has 0 aromatic heterocycles. The third kappa shape index (κ3) is 2.75. The normalized spacial score (nSPS) is 11.1. The number of benzene rings is 2. The zero-order valence-electron chi connectivity index (χ0n) is 8.83. The minimum Gasteiger partial charge on any atom is -0.379 e. The molecule has 0 saturated carbocycles. The van der Waals surface area contributed by atoms with Crippen LogP contribution in [0.5, 0.6) is 5.75 Å². The van der Waals surface area contributed by atoms with Crippen LogP contribution < -0.4 is 9.37 Å². The maximum absolute atomic E-state index is 12.0. The standard InChI is InChI=1S/C12H9O3SSi/c13-16(14,11-8-4-5-9-12(11)17)15-10-6-2-1-3-7-10/h1-9H. The Morgan fingerprint density at radius 2 is 1.47 bits per heavy atom. The van der Waals surface area contributed by atoms with Crippen LogP contribution in [0.1, 0.15) is 0 Å². The van der Waals surface area contributed by atoms with Crippen LogP contribution in [0, 0.1) is 0 Å². The molecule has 0 atom stereocenters. The van der Waals surface area contributed by atoms with Crippen molar-refractivity contribution in [3.05, 3.63) is 54.6 Å². The molecule has 3 nitrogen and oxygen atoms in total. The summed E-state index contributed by atoms with van der Waals surface area (Å²) in [4.78, 5) is 0.112. The first kappa shape index (κ1) is 11.9. The monoisotopic (exact) mass is 261 g/mol. The maximum Gasteiger partial charge on any atom is 0.339 e. The minimum absolute atomic E-state index is 0.112. The van der Waals surface area contributed by atoms with Crippen molar-refractivity contribution in [1.82, 2.24) is 0 Å². The van der Waals surface area contributed by atoms with Crippen molar-refractivity contribution in [2.45, 2.75) is 4.90 Å². The van der Waals surface area contributed by atoms with E-state index in [1.165, 1.54) is 6.07 Å². The maximum atomic E-state index is 12.0. The van der Waals surface area contributed by atoms with Gasteiger partial charge in [-0.15, -0.1) is 0 Å². The Kier molecular flexibility index (Phi) is 3.30. The summed E-state index contributed by atoms with van der Waals surface area (Å²) in [5.41, 5.74) is 0. The molecular weight excluding hydrogens is 252 g/mol. The van der Waals surface area contributed by atoms with Gasteiger partial charge in [0.15, 0.2) is 0 Å². The van der Waals surface area contributed by atoms with Gasteiger partial charge in [0.1, 0.15) is 10.6 Å². The molecule has 5 heteroatoms. The van der Waals surface area contributed by atoms with Gasteiger partial charge in [-0.3, -0.25) is 0 Å². The van der Waals surface area contributed by atoms with E-state index in [2.05, 4.69) is 10.2 Å². The molecule has 0 spiro atoms. The third-order valence-electron chi connectivity index (χ3n) is 2.11. The summed E-state index contributed by atoms with van der Waals surface area (Å²) in [6.45, 7) is 0. The first-order valence-electron chi connectivity index (χ1n) is 4.90. The molecule has 0 unspecified atom stereocenters. The molecule has 0 bridgehead atoms. The van der Waals surface area contributed by atoms with Gasteiger partial charge < -0.3 is 4.18 Å². The Bertz CT molecular complexity index is 609. The first-order chi connectivity index (χ1) is 8.09. The largest absolute Gasteiger partial charge is 0.379 e. The molecule has 0 fully saturated rings. The van der Waals surface area contributed by atoms with Crippen LogP contribution in [0.4, 0.5) is 0 Å². The summed E-state index contributed by atoms with van der Waals surface area (Å²) in [7, 11) is -0.553. The lowest BCUT2D eigenvalue weighted by Crippen LogP contribution is -2.19. The molecule has 0 saturated heterocycles. The van der Waals surface area contributed by atoms with Crippen LogP contribution in [0.2, 0.25) is 0 Å². The molecule has 17 heavy (non-hydrogen) atoms. The van der Waals surface area contributed by atoms with Gasteiger partial charge in [0.05, 0.1) is 10.2 Å². The highest BCUT2D eigenvalue weighted by Crippen LogP contribution is 2.16. The van der Waals surface area contributed by atoms with E-state index in [4.69, 9.17) is 4.18 Å². The quantitative estimate of drug-likeness (QED) is 0.617. The molecule has 2 rings (SSSR count). The van der Waals surface area contributed by atoms with Gasteiger partial charge >= 0.3 is 10.1 Å². The van der Waals surface area contributed by atoms with E-state index in [1.807, 2.05) is 0 Å². The number of para-hydroxylation sites is 1. The van der Waals surface area contributed by atoms with Gasteiger partial charge in [-0.05, 0) is 23.4 Å². The highest BCUT2D eigenvalue weighted by atomic mass is 32.2. The van der Waals surface area contributed by atoms with E-state index in [1.54, 1.807) is 48.5 Å². The second-order valence-electron chi connectivity index (χ2n) is 3.35. The first-order valence-corrected chi connectivity index (χ1v) is 6.80. The third-order valence-corrected chi connectivity index (χ3v) is 4.03. The van der Waals surface area contributed by atoms with Crippen LogP contribution in [0.3, 0.4) is 0 Å². The highest BCUT2D eigenvalue weighted by Gasteiger charge is 2.18. The molecule has 2 aromatic rings. The predicted octanol–water partition coefficient (Wildman–Crippen LogP) is 1.25. The van der Waals surface area contributed by atoms with E-state index < -0.39 is 10.1 Å². The fourth-order valence-electron chi connectivity index (χ4n) is 1.33. The van der Waals surface area contributed by atoms with E-state index in [0.717, 1.165) is 0 Å². The van der Waals surface area contributed by atoms with Crippen LogP contribution >= 0.6 is 0 Å².